The van der Waals surface area contributed by atoms with Crippen molar-refractivity contribution in [2.24, 2.45) is 0 Å². The summed E-state index contributed by atoms with van der Waals surface area (Å²) in [5.74, 6) is -3.69. The van der Waals surface area contributed by atoms with Crippen molar-refractivity contribution in [3.63, 3.8) is 0 Å². The van der Waals surface area contributed by atoms with Crippen LogP contribution in [0.15, 0.2) is 36.7 Å². The third-order valence-corrected chi connectivity index (χ3v) is 4.65. The maximum Gasteiger partial charge on any atom is 0.196 e. The predicted molar refractivity (Wildman–Crippen MR) is 89.4 cm³/mol. The fourth-order valence-corrected chi connectivity index (χ4v) is 2.99. The lowest BCUT2D eigenvalue weighted by Crippen LogP contribution is -2.54. The number of nitrogens with one attached hydrogen (secondary N) is 2. The summed E-state index contributed by atoms with van der Waals surface area (Å²) >= 11 is 0. The SMILES string of the molecule is CC1(c2ccc3ncnc(Nc4ccc(F)c(F)c4F)c3c2)CNC1. The molecule has 128 valence electrons. The molecule has 0 radical (unpaired) electrons. The van der Waals surface area contributed by atoms with Gasteiger partial charge in [-0.05, 0) is 29.8 Å². The second-order valence-electron chi connectivity index (χ2n) is 6.47. The third kappa shape index (κ3) is 2.60. The van der Waals surface area contributed by atoms with E-state index in [0.29, 0.717) is 16.7 Å². The topological polar surface area (TPSA) is 49.8 Å². The summed E-state index contributed by atoms with van der Waals surface area (Å²) in [5, 5.41) is 6.69. The van der Waals surface area contributed by atoms with Crippen molar-refractivity contribution >= 4 is 22.4 Å². The van der Waals surface area contributed by atoms with E-state index in [1.165, 1.54) is 6.33 Å². The number of fused-ring (bicyclic) bond motifs is 1. The highest BCUT2D eigenvalue weighted by atomic mass is 19.2. The molecule has 3 aromatic rings. The Bertz CT molecular complexity index is 970. The fourth-order valence-electron chi connectivity index (χ4n) is 2.99. The Morgan fingerprint density at radius 3 is 2.56 bits per heavy atom. The van der Waals surface area contributed by atoms with E-state index in [9.17, 15) is 13.2 Å². The van der Waals surface area contributed by atoms with Crippen LogP contribution in [0.3, 0.4) is 0 Å². The van der Waals surface area contributed by atoms with Gasteiger partial charge in [0.05, 0.1) is 11.2 Å². The molecule has 0 aliphatic carbocycles. The Morgan fingerprint density at radius 2 is 1.84 bits per heavy atom. The van der Waals surface area contributed by atoms with E-state index in [1.807, 2.05) is 18.2 Å². The summed E-state index contributed by atoms with van der Waals surface area (Å²) < 4.78 is 40.5. The molecule has 4 rings (SSSR count). The summed E-state index contributed by atoms with van der Waals surface area (Å²) in [6.07, 6.45) is 1.34. The molecule has 0 saturated carbocycles. The van der Waals surface area contributed by atoms with Gasteiger partial charge in [-0.15, -0.1) is 0 Å². The van der Waals surface area contributed by atoms with Gasteiger partial charge in [0.1, 0.15) is 12.1 Å². The molecular formula is C18H15F3N4. The van der Waals surface area contributed by atoms with Crippen molar-refractivity contribution in [2.45, 2.75) is 12.3 Å². The lowest BCUT2D eigenvalue weighted by Gasteiger charge is -2.40. The van der Waals surface area contributed by atoms with Gasteiger partial charge in [0.25, 0.3) is 0 Å². The quantitative estimate of drug-likeness (QED) is 0.712. The fraction of sp³-hybridized carbons (Fsp3) is 0.222. The Labute approximate surface area is 142 Å². The second-order valence-corrected chi connectivity index (χ2v) is 6.47. The maximum absolute atomic E-state index is 14.0. The monoisotopic (exact) mass is 344 g/mol. The van der Waals surface area contributed by atoms with Crippen LogP contribution in [0.2, 0.25) is 0 Å². The Balaban J connectivity index is 1.79. The first kappa shape index (κ1) is 15.8. The van der Waals surface area contributed by atoms with Crippen LogP contribution in [0.1, 0.15) is 12.5 Å². The number of benzene rings is 2. The summed E-state index contributed by atoms with van der Waals surface area (Å²) in [4.78, 5) is 8.35. The molecule has 1 aliphatic heterocycles. The molecule has 0 amide bonds. The second kappa shape index (κ2) is 5.70. The van der Waals surface area contributed by atoms with Crippen LogP contribution in [-0.4, -0.2) is 23.1 Å². The molecule has 1 aliphatic rings. The van der Waals surface area contributed by atoms with Crippen molar-refractivity contribution in [3.05, 3.63) is 59.7 Å². The zero-order valence-corrected chi connectivity index (χ0v) is 13.4. The predicted octanol–water partition coefficient (Wildman–Crippen LogP) is 3.65. The van der Waals surface area contributed by atoms with Crippen LogP contribution in [0.25, 0.3) is 10.9 Å². The van der Waals surface area contributed by atoms with Crippen LogP contribution >= 0.6 is 0 Å². The van der Waals surface area contributed by atoms with Crippen LogP contribution < -0.4 is 10.6 Å². The van der Waals surface area contributed by atoms with E-state index in [4.69, 9.17) is 0 Å². The average molecular weight is 344 g/mol. The highest BCUT2D eigenvalue weighted by Crippen LogP contribution is 2.32. The zero-order valence-electron chi connectivity index (χ0n) is 13.4. The molecule has 1 saturated heterocycles. The van der Waals surface area contributed by atoms with Gasteiger partial charge in [-0.2, -0.15) is 0 Å². The molecule has 7 heteroatoms. The number of nitrogens with zero attached hydrogens (tertiary/aromatic N) is 2. The Morgan fingerprint density at radius 1 is 1.04 bits per heavy atom. The van der Waals surface area contributed by atoms with Crippen LogP contribution in [0.5, 0.6) is 0 Å². The van der Waals surface area contributed by atoms with E-state index >= 15 is 0 Å². The minimum absolute atomic E-state index is 0.0224. The molecular weight excluding hydrogens is 329 g/mol. The van der Waals surface area contributed by atoms with Crippen molar-refractivity contribution in [2.75, 3.05) is 18.4 Å². The third-order valence-electron chi connectivity index (χ3n) is 4.65. The number of hydrogen-bond acceptors (Lipinski definition) is 4. The molecule has 2 aromatic carbocycles. The van der Waals surface area contributed by atoms with Crippen molar-refractivity contribution in [1.29, 1.82) is 0 Å². The first-order valence-corrected chi connectivity index (χ1v) is 7.84. The lowest BCUT2D eigenvalue weighted by molar-refractivity contribution is 0.306. The first-order valence-electron chi connectivity index (χ1n) is 7.84. The van der Waals surface area contributed by atoms with E-state index < -0.39 is 17.5 Å². The molecule has 25 heavy (non-hydrogen) atoms. The standard InChI is InChI=1S/C18H15F3N4/c1-18(7-22-8-18)10-2-4-13-11(6-10)17(24-9-23-13)25-14-5-3-12(19)15(20)16(14)21/h2-6,9,22H,7-8H2,1H3,(H,23,24,25). The van der Waals surface area contributed by atoms with Gasteiger partial charge in [0, 0.05) is 23.9 Å². The number of anilines is 2. The van der Waals surface area contributed by atoms with Gasteiger partial charge >= 0.3 is 0 Å². The van der Waals surface area contributed by atoms with Gasteiger partial charge in [0.15, 0.2) is 17.5 Å². The number of rotatable bonds is 3. The minimum atomic E-state index is -1.52. The summed E-state index contributed by atoms with van der Waals surface area (Å²) in [6, 6.07) is 7.86. The highest BCUT2D eigenvalue weighted by molar-refractivity contribution is 5.91. The van der Waals surface area contributed by atoms with Gasteiger partial charge in [-0.3, -0.25) is 0 Å². The minimum Gasteiger partial charge on any atom is -0.337 e. The highest BCUT2D eigenvalue weighted by Gasteiger charge is 2.33. The van der Waals surface area contributed by atoms with Crippen molar-refractivity contribution in [3.8, 4) is 0 Å². The van der Waals surface area contributed by atoms with Gasteiger partial charge in [-0.25, -0.2) is 23.1 Å². The molecule has 1 aromatic heterocycles. The number of hydrogen-bond donors (Lipinski definition) is 2. The van der Waals surface area contributed by atoms with Crippen molar-refractivity contribution in [1.82, 2.24) is 15.3 Å². The number of aromatic nitrogens is 2. The van der Waals surface area contributed by atoms with Crippen LogP contribution in [0, 0.1) is 17.5 Å². The summed E-state index contributed by atoms with van der Waals surface area (Å²) in [5.41, 5.74) is 1.64. The molecule has 0 atom stereocenters. The summed E-state index contributed by atoms with van der Waals surface area (Å²) in [6.45, 7) is 3.89. The largest absolute Gasteiger partial charge is 0.337 e. The molecule has 0 bridgehead atoms. The first-order chi connectivity index (χ1) is 12.0. The lowest BCUT2D eigenvalue weighted by atomic mass is 9.77. The molecule has 4 nitrogen and oxygen atoms in total. The van der Waals surface area contributed by atoms with Crippen molar-refractivity contribution < 1.29 is 13.2 Å². The van der Waals surface area contributed by atoms with Gasteiger partial charge in [0.2, 0.25) is 0 Å². The van der Waals surface area contributed by atoms with E-state index in [0.717, 1.165) is 30.8 Å². The normalized spacial score (nSPS) is 15.8. The smallest absolute Gasteiger partial charge is 0.196 e. The molecule has 0 spiro atoms. The summed E-state index contributed by atoms with van der Waals surface area (Å²) in [7, 11) is 0. The van der Waals surface area contributed by atoms with E-state index in [-0.39, 0.29) is 11.1 Å². The van der Waals surface area contributed by atoms with Crippen LogP contribution in [0.4, 0.5) is 24.7 Å². The van der Waals surface area contributed by atoms with E-state index in [2.05, 4.69) is 27.5 Å². The Kier molecular flexibility index (Phi) is 3.61. The van der Waals surface area contributed by atoms with Crippen LogP contribution in [-0.2, 0) is 5.41 Å². The number of halogens is 3. The molecule has 0 unspecified atom stereocenters. The van der Waals surface area contributed by atoms with Gasteiger partial charge in [-0.1, -0.05) is 13.0 Å². The molecule has 1 fully saturated rings. The average Bonchev–Trinajstić information content (AvgIpc) is 2.60. The van der Waals surface area contributed by atoms with E-state index in [1.54, 1.807) is 0 Å². The van der Waals surface area contributed by atoms with Gasteiger partial charge < -0.3 is 10.6 Å². The molecule has 2 heterocycles. The Hall–Kier alpha value is -2.67. The maximum atomic E-state index is 14.0. The molecule has 2 N–H and O–H groups in total. The zero-order chi connectivity index (χ0) is 17.6.